The van der Waals surface area contributed by atoms with Crippen molar-refractivity contribution in [2.75, 3.05) is 21.3 Å². The van der Waals surface area contributed by atoms with E-state index in [2.05, 4.69) is 11.1 Å². The van der Waals surface area contributed by atoms with E-state index in [0.717, 1.165) is 46.2 Å². The second-order valence-electron chi connectivity index (χ2n) is 9.16. The van der Waals surface area contributed by atoms with Gasteiger partial charge in [-0.3, -0.25) is 4.79 Å². The quantitative estimate of drug-likeness (QED) is 0.166. The Morgan fingerprint density at radius 1 is 0.825 bits per heavy atom. The third-order valence-corrected chi connectivity index (χ3v) is 7.80. The van der Waals surface area contributed by atoms with Crippen molar-refractivity contribution in [1.29, 1.82) is 0 Å². The van der Waals surface area contributed by atoms with Gasteiger partial charge in [-0.1, -0.05) is 59.6 Å². The summed E-state index contributed by atoms with van der Waals surface area (Å²) in [6.45, 7) is 0. The van der Waals surface area contributed by atoms with Crippen LogP contribution in [-0.4, -0.2) is 38.6 Å². The number of aryl methyl sites for hydroxylation is 1. The Hall–Kier alpha value is -4.13. The Morgan fingerprint density at radius 2 is 1.55 bits per heavy atom. The van der Waals surface area contributed by atoms with Gasteiger partial charge < -0.3 is 14.2 Å². The maximum atomic E-state index is 12.2. The first kappa shape index (κ1) is 27.4. The maximum absolute atomic E-state index is 12.2. The minimum absolute atomic E-state index is 0.229. The number of aldehydes is 1. The van der Waals surface area contributed by atoms with Crippen LogP contribution in [0, 0.1) is 0 Å². The van der Waals surface area contributed by atoms with E-state index in [9.17, 15) is 9.59 Å². The summed E-state index contributed by atoms with van der Waals surface area (Å²) in [5.41, 5.74) is 7.56. The first-order chi connectivity index (χ1) is 19.4. The minimum atomic E-state index is -0.430. The van der Waals surface area contributed by atoms with Crippen LogP contribution in [0.5, 0.6) is 11.6 Å². The van der Waals surface area contributed by atoms with Crippen molar-refractivity contribution in [3.63, 3.8) is 0 Å². The highest BCUT2D eigenvalue weighted by Gasteiger charge is 2.23. The highest BCUT2D eigenvalue weighted by molar-refractivity contribution is 6.38. The molecule has 0 aliphatic heterocycles. The first-order valence-corrected chi connectivity index (χ1v) is 13.2. The van der Waals surface area contributed by atoms with Gasteiger partial charge in [0.25, 0.3) is 0 Å². The molecule has 40 heavy (non-hydrogen) atoms. The lowest BCUT2D eigenvalue weighted by atomic mass is 9.97. The second kappa shape index (κ2) is 11.5. The van der Waals surface area contributed by atoms with E-state index in [4.69, 9.17) is 37.4 Å². The Morgan fingerprint density at radius 3 is 2.25 bits per heavy atom. The topological polar surface area (TPSA) is 74.7 Å². The summed E-state index contributed by atoms with van der Waals surface area (Å²) >= 11 is 13.9. The third kappa shape index (κ3) is 4.96. The zero-order valence-corrected chi connectivity index (χ0v) is 23.6. The summed E-state index contributed by atoms with van der Waals surface area (Å²) in [7, 11) is 4.36. The van der Waals surface area contributed by atoms with Gasteiger partial charge in [-0.15, -0.1) is 0 Å². The van der Waals surface area contributed by atoms with Crippen LogP contribution in [-0.2, 0) is 11.2 Å². The van der Waals surface area contributed by atoms with Crippen LogP contribution in [0.3, 0.4) is 0 Å². The number of fused-ring (bicyclic) bond motifs is 1. The molecule has 0 amide bonds. The molecule has 0 atom stereocenters. The monoisotopic (exact) mass is 573 g/mol. The van der Waals surface area contributed by atoms with Crippen molar-refractivity contribution in [3.05, 3.63) is 98.5 Å². The SMILES string of the molecule is COC(=O)c1cc2c(cc1OC)C(=Cc1cccc(-c3cccc(-c4ccc(C=O)c(OC)n4)c3Cl)c1Cl)CC2. The van der Waals surface area contributed by atoms with E-state index < -0.39 is 5.97 Å². The molecule has 202 valence electrons. The second-order valence-corrected chi connectivity index (χ2v) is 9.92. The van der Waals surface area contributed by atoms with Gasteiger partial charge in [0, 0.05) is 16.7 Å². The zero-order valence-electron chi connectivity index (χ0n) is 22.1. The molecule has 0 N–H and O–H groups in total. The Bertz CT molecular complexity index is 1680. The lowest BCUT2D eigenvalue weighted by molar-refractivity contribution is 0.0597. The van der Waals surface area contributed by atoms with Crippen molar-refractivity contribution in [1.82, 2.24) is 4.98 Å². The molecule has 0 bridgehead atoms. The molecular formula is C32H25Cl2NO5. The average Bonchev–Trinajstić information content (AvgIpc) is 3.38. The molecule has 1 aliphatic rings. The van der Waals surface area contributed by atoms with E-state index in [-0.39, 0.29) is 5.88 Å². The maximum Gasteiger partial charge on any atom is 0.341 e. The standard InChI is InChI=1S/C32H25Cl2NO5/c1-38-28-16-25-18(10-11-19(25)15-26(28)32(37)40-3)14-20-6-4-7-22(29(20)33)23-8-5-9-24(30(23)34)27-13-12-21(17-36)31(35-27)39-2/h4-9,12-17H,10-11H2,1-3H3. The van der Waals surface area contributed by atoms with Gasteiger partial charge in [-0.2, -0.15) is 0 Å². The Labute approximate surface area is 242 Å². The average molecular weight is 574 g/mol. The number of halogens is 2. The number of benzene rings is 3. The number of ether oxygens (including phenoxy) is 3. The molecule has 3 aromatic carbocycles. The van der Waals surface area contributed by atoms with E-state index >= 15 is 0 Å². The molecule has 5 rings (SSSR count). The van der Waals surface area contributed by atoms with Crippen molar-refractivity contribution >= 4 is 47.1 Å². The van der Waals surface area contributed by atoms with Crippen LogP contribution in [0.1, 0.15) is 43.8 Å². The van der Waals surface area contributed by atoms with Gasteiger partial charge in [0.05, 0.1) is 42.6 Å². The van der Waals surface area contributed by atoms with Crippen LogP contribution < -0.4 is 9.47 Å². The number of carbonyl (C=O) groups excluding carboxylic acids is 2. The summed E-state index contributed by atoms with van der Waals surface area (Å²) in [6.07, 6.45) is 4.35. The van der Waals surface area contributed by atoms with Gasteiger partial charge in [0.15, 0.2) is 6.29 Å². The number of pyridine rings is 1. The van der Waals surface area contributed by atoms with Gasteiger partial charge in [-0.25, -0.2) is 9.78 Å². The number of aromatic nitrogens is 1. The van der Waals surface area contributed by atoms with Crippen LogP contribution >= 0.6 is 23.2 Å². The van der Waals surface area contributed by atoms with Gasteiger partial charge >= 0.3 is 5.97 Å². The van der Waals surface area contributed by atoms with E-state index in [1.807, 2.05) is 48.5 Å². The smallest absolute Gasteiger partial charge is 0.341 e. The number of carbonyl (C=O) groups is 2. The van der Waals surface area contributed by atoms with Crippen molar-refractivity contribution in [3.8, 4) is 34.0 Å². The largest absolute Gasteiger partial charge is 0.496 e. The molecule has 0 fully saturated rings. The van der Waals surface area contributed by atoms with E-state index in [1.54, 1.807) is 12.1 Å². The van der Waals surface area contributed by atoms with Gasteiger partial charge in [0.1, 0.15) is 11.3 Å². The van der Waals surface area contributed by atoms with Gasteiger partial charge in [-0.05, 0) is 65.4 Å². The summed E-state index contributed by atoms with van der Waals surface area (Å²) in [4.78, 5) is 28.0. The fourth-order valence-electron chi connectivity index (χ4n) is 4.97. The normalized spacial score (nSPS) is 13.2. The molecule has 1 heterocycles. The molecule has 0 radical (unpaired) electrons. The summed E-state index contributed by atoms with van der Waals surface area (Å²) < 4.78 is 15.7. The molecule has 0 spiro atoms. The summed E-state index contributed by atoms with van der Waals surface area (Å²) in [6, 6.07) is 18.6. The van der Waals surface area contributed by atoms with Crippen molar-refractivity contribution in [2.45, 2.75) is 12.8 Å². The minimum Gasteiger partial charge on any atom is -0.496 e. The fourth-order valence-corrected chi connectivity index (χ4v) is 5.58. The molecule has 6 nitrogen and oxygen atoms in total. The van der Waals surface area contributed by atoms with Crippen LogP contribution in [0.15, 0.2) is 60.7 Å². The Balaban J connectivity index is 1.55. The summed E-state index contributed by atoms with van der Waals surface area (Å²) in [5.74, 6) is 0.265. The van der Waals surface area contributed by atoms with Gasteiger partial charge in [0.2, 0.25) is 5.88 Å². The van der Waals surface area contributed by atoms with Crippen LogP contribution in [0.2, 0.25) is 10.0 Å². The predicted octanol–water partition coefficient (Wildman–Crippen LogP) is 7.83. The molecule has 0 unspecified atom stereocenters. The van der Waals surface area contributed by atoms with Crippen molar-refractivity contribution < 1.29 is 23.8 Å². The number of nitrogens with zero attached hydrogens (tertiary/aromatic N) is 1. The number of methoxy groups -OCH3 is 3. The number of hydrogen-bond donors (Lipinski definition) is 0. The van der Waals surface area contributed by atoms with Crippen LogP contribution in [0.4, 0.5) is 0 Å². The van der Waals surface area contributed by atoms with E-state index in [0.29, 0.717) is 44.5 Å². The molecule has 1 aliphatic carbocycles. The predicted molar refractivity (Wildman–Crippen MR) is 158 cm³/mol. The third-order valence-electron chi connectivity index (χ3n) is 6.97. The number of allylic oxidation sites excluding steroid dienone is 1. The fraction of sp³-hybridized carbons (Fsp3) is 0.156. The number of rotatable bonds is 7. The van der Waals surface area contributed by atoms with E-state index in [1.165, 1.54) is 21.3 Å². The Kier molecular flexibility index (Phi) is 7.92. The molecule has 0 saturated heterocycles. The first-order valence-electron chi connectivity index (χ1n) is 12.5. The molecule has 0 saturated carbocycles. The highest BCUT2D eigenvalue weighted by Crippen LogP contribution is 2.43. The van der Waals surface area contributed by atoms with Crippen LogP contribution in [0.25, 0.3) is 34.0 Å². The molecule has 8 heteroatoms. The highest BCUT2D eigenvalue weighted by atomic mass is 35.5. The number of hydrogen-bond acceptors (Lipinski definition) is 6. The molecule has 4 aromatic rings. The molecule has 1 aromatic heterocycles. The van der Waals surface area contributed by atoms with Crippen molar-refractivity contribution in [2.24, 2.45) is 0 Å². The molecular weight excluding hydrogens is 549 g/mol. The lowest BCUT2D eigenvalue weighted by Gasteiger charge is -2.14. The zero-order chi connectivity index (χ0) is 28.4. The number of esters is 1. The lowest BCUT2D eigenvalue weighted by Crippen LogP contribution is -2.05. The summed E-state index contributed by atoms with van der Waals surface area (Å²) in [5, 5.41) is 1.04.